The third-order valence-corrected chi connectivity index (χ3v) is 3.89. The van der Waals surface area contributed by atoms with E-state index in [2.05, 4.69) is 15.5 Å². The number of amides is 1. The second kappa shape index (κ2) is 6.98. The molecule has 4 rings (SSSR count). The summed E-state index contributed by atoms with van der Waals surface area (Å²) in [5.74, 6) is 1.65. The predicted molar refractivity (Wildman–Crippen MR) is 82.5 cm³/mol. The van der Waals surface area contributed by atoms with Crippen LogP contribution in [0.4, 0.5) is 0 Å². The first-order chi connectivity index (χ1) is 12.3. The Morgan fingerprint density at radius 2 is 2.24 bits per heavy atom. The summed E-state index contributed by atoms with van der Waals surface area (Å²) < 4.78 is 26.5. The molecule has 0 spiro atoms. The van der Waals surface area contributed by atoms with Crippen LogP contribution in [-0.4, -0.2) is 42.1 Å². The zero-order chi connectivity index (χ0) is 17.1. The molecule has 1 fully saturated rings. The number of carbonyl (C=O) groups is 1. The molecule has 9 nitrogen and oxygen atoms in total. The normalized spacial score (nSPS) is 18.3. The number of fused-ring (bicyclic) bond motifs is 1. The van der Waals surface area contributed by atoms with Crippen LogP contribution in [0, 0.1) is 0 Å². The molecular weight excluding hydrogens is 330 g/mol. The number of rotatable bonds is 6. The van der Waals surface area contributed by atoms with Crippen molar-refractivity contribution in [2.75, 3.05) is 19.9 Å². The SMILES string of the molecule is O=C(NC[C@@H]1CCCO1)c1nc(COc2ccc3c(c2)OCO3)no1. The second-order valence-electron chi connectivity index (χ2n) is 5.66. The first-order valence-corrected chi connectivity index (χ1v) is 8.03. The Labute approximate surface area is 143 Å². The summed E-state index contributed by atoms with van der Waals surface area (Å²) in [6.45, 7) is 1.45. The van der Waals surface area contributed by atoms with Crippen molar-refractivity contribution in [2.24, 2.45) is 0 Å². The van der Waals surface area contributed by atoms with E-state index in [4.69, 9.17) is 23.5 Å². The van der Waals surface area contributed by atoms with Gasteiger partial charge in [-0.15, -0.1) is 0 Å². The summed E-state index contributed by atoms with van der Waals surface area (Å²) in [5.41, 5.74) is 0. The zero-order valence-electron chi connectivity index (χ0n) is 13.4. The van der Waals surface area contributed by atoms with Crippen molar-refractivity contribution < 1.29 is 28.3 Å². The summed E-state index contributed by atoms with van der Waals surface area (Å²) >= 11 is 0. The molecule has 0 saturated carbocycles. The first kappa shape index (κ1) is 15.7. The van der Waals surface area contributed by atoms with Gasteiger partial charge in [0.05, 0.1) is 6.10 Å². The van der Waals surface area contributed by atoms with Crippen LogP contribution in [0.25, 0.3) is 0 Å². The molecule has 2 aromatic rings. The second-order valence-corrected chi connectivity index (χ2v) is 5.66. The minimum atomic E-state index is -0.419. The molecule has 1 atom stereocenters. The van der Waals surface area contributed by atoms with Crippen molar-refractivity contribution in [3.8, 4) is 17.2 Å². The fraction of sp³-hybridized carbons (Fsp3) is 0.438. The third kappa shape index (κ3) is 3.66. The minimum Gasteiger partial charge on any atom is -0.485 e. The summed E-state index contributed by atoms with van der Waals surface area (Å²) in [4.78, 5) is 16.0. The number of ether oxygens (including phenoxy) is 4. The molecule has 1 saturated heterocycles. The first-order valence-electron chi connectivity index (χ1n) is 8.03. The zero-order valence-corrected chi connectivity index (χ0v) is 13.4. The highest BCUT2D eigenvalue weighted by Gasteiger charge is 2.20. The molecule has 0 radical (unpaired) electrons. The lowest BCUT2D eigenvalue weighted by Gasteiger charge is -2.08. The quantitative estimate of drug-likeness (QED) is 0.833. The van der Waals surface area contributed by atoms with Crippen LogP contribution < -0.4 is 19.5 Å². The molecule has 1 aromatic heterocycles. The van der Waals surface area contributed by atoms with Crippen LogP contribution in [0.5, 0.6) is 17.2 Å². The lowest BCUT2D eigenvalue weighted by atomic mass is 10.2. The van der Waals surface area contributed by atoms with E-state index in [1.54, 1.807) is 18.2 Å². The highest BCUT2D eigenvalue weighted by molar-refractivity contribution is 5.89. The Balaban J connectivity index is 1.29. The van der Waals surface area contributed by atoms with Gasteiger partial charge in [0.25, 0.3) is 0 Å². The molecule has 0 unspecified atom stereocenters. The minimum absolute atomic E-state index is 0.0562. The lowest BCUT2D eigenvalue weighted by molar-refractivity contribution is 0.0822. The maximum Gasteiger partial charge on any atom is 0.316 e. The Kier molecular flexibility index (Phi) is 4.38. The molecule has 2 aliphatic rings. The number of benzene rings is 1. The van der Waals surface area contributed by atoms with Gasteiger partial charge >= 0.3 is 11.8 Å². The fourth-order valence-electron chi connectivity index (χ4n) is 2.61. The van der Waals surface area contributed by atoms with E-state index in [0.29, 0.717) is 23.8 Å². The van der Waals surface area contributed by atoms with E-state index >= 15 is 0 Å². The fourth-order valence-corrected chi connectivity index (χ4v) is 2.61. The van der Waals surface area contributed by atoms with E-state index in [1.165, 1.54) is 0 Å². The van der Waals surface area contributed by atoms with Crippen molar-refractivity contribution in [2.45, 2.75) is 25.6 Å². The van der Waals surface area contributed by atoms with Gasteiger partial charge in [0, 0.05) is 19.2 Å². The van der Waals surface area contributed by atoms with Crippen molar-refractivity contribution in [3.63, 3.8) is 0 Å². The summed E-state index contributed by atoms with van der Waals surface area (Å²) in [5, 5.41) is 6.47. The number of carbonyl (C=O) groups excluding carboxylic acids is 1. The number of hydrogen-bond donors (Lipinski definition) is 1. The van der Waals surface area contributed by atoms with Gasteiger partial charge in [-0.25, -0.2) is 0 Å². The van der Waals surface area contributed by atoms with Gasteiger partial charge in [-0.2, -0.15) is 4.98 Å². The van der Waals surface area contributed by atoms with Crippen LogP contribution in [0.1, 0.15) is 29.4 Å². The highest BCUT2D eigenvalue weighted by Crippen LogP contribution is 2.35. The smallest absolute Gasteiger partial charge is 0.316 e. The van der Waals surface area contributed by atoms with Crippen LogP contribution in [0.2, 0.25) is 0 Å². The third-order valence-electron chi connectivity index (χ3n) is 3.89. The molecule has 1 N–H and O–H groups in total. The van der Waals surface area contributed by atoms with Gasteiger partial charge < -0.3 is 28.8 Å². The van der Waals surface area contributed by atoms with E-state index < -0.39 is 5.91 Å². The molecule has 2 aliphatic heterocycles. The molecule has 132 valence electrons. The van der Waals surface area contributed by atoms with Gasteiger partial charge in [0.2, 0.25) is 12.6 Å². The van der Waals surface area contributed by atoms with Gasteiger partial charge in [-0.1, -0.05) is 5.16 Å². The molecule has 0 aliphatic carbocycles. The molecule has 3 heterocycles. The predicted octanol–water partition coefficient (Wildman–Crippen LogP) is 1.29. The number of nitrogens with zero attached hydrogens (tertiary/aromatic N) is 2. The largest absolute Gasteiger partial charge is 0.485 e. The number of hydrogen-bond acceptors (Lipinski definition) is 8. The molecule has 25 heavy (non-hydrogen) atoms. The van der Waals surface area contributed by atoms with Crippen LogP contribution >= 0.6 is 0 Å². The van der Waals surface area contributed by atoms with Crippen LogP contribution in [0.15, 0.2) is 22.7 Å². The van der Waals surface area contributed by atoms with Gasteiger partial charge in [0.15, 0.2) is 18.1 Å². The molecular formula is C16H17N3O6. The molecule has 1 amide bonds. The Hall–Kier alpha value is -2.81. The highest BCUT2D eigenvalue weighted by atomic mass is 16.7. The summed E-state index contributed by atoms with van der Waals surface area (Å²) in [6.07, 6.45) is 2.02. The van der Waals surface area contributed by atoms with Crippen LogP contribution in [0.3, 0.4) is 0 Å². The Morgan fingerprint density at radius 1 is 1.32 bits per heavy atom. The maximum absolute atomic E-state index is 12.0. The van der Waals surface area contributed by atoms with Gasteiger partial charge in [-0.05, 0) is 25.0 Å². The van der Waals surface area contributed by atoms with E-state index in [1.807, 2.05) is 0 Å². The maximum atomic E-state index is 12.0. The Morgan fingerprint density at radius 3 is 3.12 bits per heavy atom. The van der Waals surface area contributed by atoms with Gasteiger partial charge in [0.1, 0.15) is 5.75 Å². The number of nitrogens with one attached hydrogen (secondary N) is 1. The standard InChI is InChI=1S/C16H17N3O6/c20-15(17-7-11-2-1-5-21-11)16-18-14(19-25-16)8-22-10-3-4-12-13(6-10)24-9-23-12/h3-4,6,11H,1-2,5,7-9H2,(H,17,20)/t11-/m0/s1. The Bertz CT molecular complexity index is 756. The molecule has 9 heteroatoms. The monoisotopic (exact) mass is 347 g/mol. The summed E-state index contributed by atoms with van der Waals surface area (Å²) in [7, 11) is 0. The van der Waals surface area contributed by atoms with Crippen molar-refractivity contribution in [1.82, 2.24) is 15.5 Å². The summed E-state index contributed by atoms with van der Waals surface area (Å²) in [6, 6.07) is 5.23. The van der Waals surface area contributed by atoms with Crippen molar-refractivity contribution >= 4 is 5.91 Å². The van der Waals surface area contributed by atoms with E-state index in [9.17, 15) is 4.79 Å². The average molecular weight is 347 g/mol. The van der Waals surface area contributed by atoms with Crippen molar-refractivity contribution in [1.29, 1.82) is 0 Å². The average Bonchev–Trinajstić information content (AvgIpc) is 3.39. The lowest BCUT2D eigenvalue weighted by Crippen LogP contribution is -2.31. The molecule has 0 bridgehead atoms. The van der Waals surface area contributed by atoms with E-state index in [-0.39, 0.29) is 31.2 Å². The number of aromatic nitrogens is 2. The van der Waals surface area contributed by atoms with E-state index in [0.717, 1.165) is 19.4 Å². The van der Waals surface area contributed by atoms with Crippen LogP contribution in [-0.2, 0) is 11.3 Å². The topological polar surface area (TPSA) is 105 Å². The molecule has 1 aromatic carbocycles. The van der Waals surface area contributed by atoms with Gasteiger partial charge in [-0.3, -0.25) is 4.79 Å². The van der Waals surface area contributed by atoms with Crippen molar-refractivity contribution in [3.05, 3.63) is 29.9 Å².